The molecule has 1 aliphatic rings. The SMILES string of the molecule is CC1(C)c2ccccc2-n2c3ccc(C(=O)c4ccccc4)cc3c3cccc1c32. The number of carbonyl (C=O) groups is 1. The van der Waals surface area contributed by atoms with Gasteiger partial charge in [0.2, 0.25) is 0 Å². The van der Waals surface area contributed by atoms with E-state index in [1.165, 1.54) is 27.7 Å². The summed E-state index contributed by atoms with van der Waals surface area (Å²) in [5.41, 5.74) is 7.64. The van der Waals surface area contributed by atoms with Crippen molar-refractivity contribution < 1.29 is 4.79 Å². The number of hydrogen-bond donors (Lipinski definition) is 0. The van der Waals surface area contributed by atoms with E-state index in [1.807, 2.05) is 36.4 Å². The highest BCUT2D eigenvalue weighted by Crippen LogP contribution is 2.47. The van der Waals surface area contributed by atoms with Crippen molar-refractivity contribution in [3.63, 3.8) is 0 Å². The molecule has 0 aliphatic carbocycles. The van der Waals surface area contributed by atoms with Gasteiger partial charge in [-0.1, -0.05) is 80.6 Å². The zero-order valence-electron chi connectivity index (χ0n) is 17.0. The fourth-order valence-corrected chi connectivity index (χ4v) is 5.06. The van der Waals surface area contributed by atoms with Gasteiger partial charge in [-0.25, -0.2) is 0 Å². The minimum absolute atomic E-state index is 0.0603. The van der Waals surface area contributed by atoms with Gasteiger partial charge in [0.15, 0.2) is 5.78 Å². The molecule has 0 saturated carbocycles. The summed E-state index contributed by atoms with van der Waals surface area (Å²) < 4.78 is 2.37. The predicted octanol–water partition coefficient (Wildman–Crippen LogP) is 6.65. The Morgan fingerprint density at radius 1 is 0.700 bits per heavy atom. The smallest absolute Gasteiger partial charge is 0.193 e. The van der Waals surface area contributed by atoms with E-state index >= 15 is 0 Å². The second kappa shape index (κ2) is 5.93. The van der Waals surface area contributed by atoms with Gasteiger partial charge in [-0.05, 0) is 35.4 Å². The molecule has 5 aromatic rings. The summed E-state index contributed by atoms with van der Waals surface area (Å²) in [4.78, 5) is 13.1. The van der Waals surface area contributed by atoms with E-state index in [4.69, 9.17) is 0 Å². The second-order valence-corrected chi connectivity index (χ2v) is 8.61. The fourth-order valence-electron chi connectivity index (χ4n) is 5.06. The van der Waals surface area contributed by atoms with Crippen molar-refractivity contribution in [1.82, 2.24) is 4.57 Å². The fraction of sp³-hybridized carbons (Fsp3) is 0.107. The maximum atomic E-state index is 13.1. The van der Waals surface area contributed by atoms with Crippen molar-refractivity contribution in [3.8, 4) is 5.69 Å². The van der Waals surface area contributed by atoms with Crippen LogP contribution in [-0.2, 0) is 5.41 Å². The largest absolute Gasteiger partial charge is 0.309 e. The van der Waals surface area contributed by atoms with E-state index in [-0.39, 0.29) is 11.2 Å². The van der Waals surface area contributed by atoms with E-state index in [2.05, 4.69) is 73.0 Å². The summed E-state index contributed by atoms with van der Waals surface area (Å²) in [7, 11) is 0. The molecule has 1 aromatic heterocycles. The van der Waals surface area contributed by atoms with E-state index in [1.54, 1.807) is 0 Å². The molecule has 0 saturated heterocycles. The van der Waals surface area contributed by atoms with Gasteiger partial charge in [-0.3, -0.25) is 4.79 Å². The van der Waals surface area contributed by atoms with Gasteiger partial charge in [0.05, 0.1) is 16.7 Å². The van der Waals surface area contributed by atoms with Crippen LogP contribution in [0.5, 0.6) is 0 Å². The van der Waals surface area contributed by atoms with Crippen LogP contribution >= 0.6 is 0 Å². The molecule has 0 spiro atoms. The first-order valence-corrected chi connectivity index (χ1v) is 10.3. The van der Waals surface area contributed by atoms with Crippen LogP contribution in [0.25, 0.3) is 27.5 Å². The van der Waals surface area contributed by atoms with Gasteiger partial charge in [-0.2, -0.15) is 0 Å². The highest BCUT2D eigenvalue weighted by Gasteiger charge is 2.34. The Labute approximate surface area is 175 Å². The van der Waals surface area contributed by atoms with Gasteiger partial charge in [-0.15, -0.1) is 0 Å². The standard InChI is InChI=1S/C28H21NO/c1-28(2)22-12-6-7-14-25(22)29-24-16-15-19(27(30)18-9-4-3-5-10-18)17-21(24)20-11-8-13-23(28)26(20)29/h3-17H,1-2H3. The lowest BCUT2D eigenvalue weighted by Gasteiger charge is -2.34. The number of para-hydroxylation sites is 2. The van der Waals surface area contributed by atoms with Gasteiger partial charge < -0.3 is 4.57 Å². The first-order valence-electron chi connectivity index (χ1n) is 10.3. The van der Waals surface area contributed by atoms with Crippen LogP contribution < -0.4 is 0 Å². The number of rotatable bonds is 2. The van der Waals surface area contributed by atoms with E-state index < -0.39 is 0 Å². The molecule has 4 aromatic carbocycles. The highest BCUT2D eigenvalue weighted by molar-refractivity contribution is 6.16. The van der Waals surface area contributed by atoms with Gasteiger partial charge in [0.25, 0.3) is 0 Å². The third kappa shape index (κ3) is 2.16. The first-order chi connectivity index (χ1) is 14.6. The third-order valence-electron chi connectivity index (χ3n) is 6.58. The maximum Gasteiger partial charge on any atom is 0.193 e. The Balaban J connectivity index is 1.70. The highest BCUT2D eigenvalue weighted by atomic mass is 16.1. The predicted molar refractivity (Wildman–Crippen MR) is 123 cm³/mol. The van der Waals surface area contributed by atoms with Gasteiger partial charge in [0, 0.05) is 27.3 Å². The van der Waals surface area contributed by atoms with Crippen molar-refractivity contribution in [2.45, 2.75) is 19.3 Å². The average Bonchev–Trinajstić information content (AvgIpc) is 3.12. The zero-order chi connectivity index (χ0) is 20.5. The maximum absolute atomic E-state index is 13.1. The van der Waals surface area contributed by atoms with Crippen LogP contribution in [0.15, 0.2) is 91.0 Å². The lowest BCUT2D eigenvalue weighted by atomic mass is 9.75. The van der Waals surface area contributed by atoms with Crippen LogP contribution in [0.2, 0.25) is 0 Å². The number of nitrogens with zero attached hydrogens (tertiary/aromatic N) is 1. The number of hydrogen-bond acceptors (Lipinski definition) is 1. The van der Waals surface area contributed by atoms with Gasteiger partial charge in [0.1, 0.15) is 0 Å². The van der Waals surface area contributed by atoms with Crippen molar-refractivity contribution in [1.29, 1.82) is 0 Å². The Morgan fingerprint density at radius 3 is 2.27 bits per heavy atom. The van der Waals surface area contributed by atoms with E-state index in [0.29, 0.717) is 0 Å². The van der Waals surface area contributed by atoms with E-state index in [0.717, 1.165) is 22.0 Å². The van der Waals surface area contributed by atoms with Crippen LogP contribution in [0.4, 0.5) is 0 Å². The number of aromatic nitrogens is 1. The Kier molecular flexibility index (Phi) is 3.41. The van der Waals surface area contributed by atoms with Crippen LogP contribution in [0, 0.1) is 0 Å². The topological polar surface area (TPSA) is 22.0 Å². The van der Waals surface area contributed by atoms with Crippen LogP contribution in [-0.4, -0.2) is 10.4 Å². The monoisotopic (exact) mass is 387 g/mol. The molecule has 1 aliphatic heterocycles. The molecule has 0 atom stereocenters. The summed E-state index contributed by atoms with van der Waals surface area (Å²) in [6, 6.07) is 30.8. The molecule has 0 amide bonds. The Hall–Kier alpha value is -3.65. The van der Waals surface area contributed by atoms with Crippen LogP contribution in [0.1, 0.15) is 40.9 Å². The molecule has 2 nitrogen and oxygen atoms in total. The van der Waals surface area contributed by atoms with Crippen molar-refractivity contribution in [3.05, 3.63) is 113 Å². The Morgan fingerprint density at radius 2 is 1.43 bits per heavy atom. The zero-order valence-corrected chi connectivity index (χ0v) is 17.0. The molecular weight excluding hydrogens is 366 g/mol. The van der Waals surface area contributed by atoms with Crippen molar-refractivity contribution >= 4 is 27.6 Å². The number of ketones is 1. The molecule has 144 valence electrons. The van der Waals surface area contributed by atoms with Crippen LogP contribution in [0.3, 0.4) is 0 Å². The quantitative estimate of drug-likeness (QED) is 0.311. The Bertz CT molecular complexity index is 1470. The molecule has 0 unspecified atom stereocenters. The number of carbonyl (C=O) groups excluding carboxylic acids is 1. The lowest BCUT2D eigenvalue weighted by molar-refractivity contribution is 0.103. The van der Waals surface area contributed by atoms with Gasteiger partial charge >= 0.3 is 0 Å². The molecule has 0 fully saturated rings. The minimum atomic E-state index is -0.0802. The third-order valence-corrected chi connectivity index (χ3v) is 6.58. The molecule has 0 radical (unpaired) electrons. The normalized spacial score (nSPS) is 14.1. The number of benzene rings is 4. The molecule has 0 N–H and O–H groups in total. The number of fused-ring (bicyclic) bond motifs is 5. The minimum Gasteiger partial charge on any atom is -0.309 e. The summed E-state index contributed by atoms with van der Waals surface area (Å²) in [6.07, 6.45) is 0. The average molecular weight is 387 g/mol. The molecular formula is C28H21NO. The molecule has 2 heteroatoms. The molecule has 6 rings (SSSR count). The molecule has 2 heterocycles. The molecule has 0 bridgehead atoms. The van der Waals surface area contributed by atoms with Crippen molar-refractivity contribution in [2.24, 2.45) is 0 Å². The summed E-state index contributed by atoms with van der Waals surface area (Å²) in [5.74, 6) is 0.0603. The molecule has 30 heavy (non-hydrogen) atoms. The summed E-state index contributed by atoms with van der Waals surface area (Å²) in [6.45, 7) is 4.60. The lowest BCUT2D eigenvalue weighted by Crippen LogP contribution is -2.26. The van der Waals surface area contributed by atoms with Crippen molar-refractivity contribution in [2.75, 3.05) is 0 Å². The summed E-state index contributed by atoms with van der Waals surface area (Å²) in [5, 5.41) is 2.33. The first kappa shape index (κ1) is 17.2. The van der Waals surface area contributed by atoms with E-state index in [9.17, 15) is 4.79 Å². The second-order valence-electron chi connectivity index (χ2n) is 8.61. The summed E-state index contributed by atoms with van der Waals surface area (Å²) >= 11 is 0.